The van der Waals surface area contributed by atoms with Gasteiger partial charge in [-0.05, 0) is 12.8 Å². The van der Waals surface area contributed by atoms with Crippen molar-refractivity contribution in [3.8, 4) is 0 Å². The third-order valence-corrected chi connectivity index (χ3v) is 4.73. The number of amides is 1. The van der Waals surface area contributed by atoms with Gasteiger partial charge in [0.15, 0.2) is 22.5 Å². The Bertz CT molecular complexity index is 989. The van der Waals surface area contributed by atoms with Crippen LogP contribution in [-0.4, -0.2) is 45.1 Å². The van der Waals surface area contributed by atoms with Crippen LogP contribution in [0.1, 0.15) is 23.3 Å². The molecule has 10 nitrogen and oxygen atoms in total. The number of nitrogen functional groups attached to an aromatic ring is 2. The van der Waals surface area contributed by atoms with Gasteiger partial charge >= 0.3 is 11.9 Å². The Labute approximate surface area is 166 Å². The van der Waals surface area contributed by atoms with Gasteiger partial charge in [-0.1, -0.05) is 11.6 Å². The minimum absolute atomic E-state index is 0.0605. The van der Waals surface area contributed by atoms with E-state index in [1.807, 2.05) is 0 Å². The molecule has 0 spiro atoms. The molecule has 0 atom stereocenters. The van der Waals surface area contributed by atoms with Crippen molar-refractivity contribution >= 4 is 40.6 Å². The minimum atomic E-state index is -4.27. The molecule has 0 unspecified atom stereocenters. The smallest absolute Gasteiger partial charge is 0.382 e. The third-order valence-electron chi connectivity index (χ3n) is 4.45. The fraction of sp³-hybridized carbons (Fsp3) is 0.400. The van der Waals surface area contributed by atoms with Gasteiger partial charge in [0.1, 0.15) is 5.82 Å². The molecular formula is C15H16ClF3N8O2. The van der Waals surface area contributed by atoms with Crippen LogP contribution in [0.15, 0.2) is 11.0 Å². The lowest BCUT2D eigenvalue weighted by Gasteiger charge is -2.34. The second kappa shape index (κ2) is 7.73. The van der Waals surface area contributed by atoms with Gasteiger partial charge in [-0.3, -0.25) is 9.78 Å². The average Bonchev–Trinajstić information content (AvgIpc) is 2.64. The first-order chi connectivity index (χ1) is 13.6. The maximum atomic E-state index is 12.9. The second-order valence-corrected chi connectivity index (χ2v) is 6.70. The summed E-state index contributed by atoms with van der Waals surface area (Å²) >= 11 is 5.76. The van der Waals surface area contributed by atoms with E-state index in [0.717, 1.165) is 0 Å². The van der Waals surface area contributed by atoms with E-state index in [1.54, 1.807) is 4.90 Å². The van der Waals surface area contributed by atoms with E-state index in [-0.39, 0.29) is 59.9 Å². The Kier molecular flexibility index (Phi) is 5.50. The zero-order valence-corrected chi connectivity index (χ0v) is 15.5. The Morgan fingerprint density at radius 2 is 1.90 bits per heavy atom. The normalized spacial score (nSPS) is 15.4. The number of piperidine rings is 1. The molecule has 0 aromatic carbocycles. The van der Waals surface area contributed by atoms with Crippen molar-refractivity contribution in [2.24, 2.45) is 5.92 Å². The number of carbonyl (C=O) groups is 1. The van der Waals surface area contributed by atoms with Gasteiger partial charge in [0.2, 0.25) is 0 Å². The van der Waals surface area contributed by atoms with E-state index >= 15 is 0 Å². The van der Waals surface area contributed by atoms with Crippen LogP contribution in [0, 0.1) is 5.92 Å². The highest BCUT2D eigenvalue weighted by Gasteiger charge is 2.41. The summed E-state index contributed by atoms with van der Waals surface area (Å²) in [5.41, 5.74) is 10.3. The molecule has 3 rings (SSSR count). The molecule has 29 heavy (non-hydrogen) atoms. The predicted molar refractivity (Wildman–Crippen MR) is 99.7 cm³/mol. The highest BCUT2D eigenvalue weighted by molar-refractivity contribution is 6.31. The van der Waals surface area contributed by atoms with Crippen LogP contribution in [0.3, 0.4) is 0 Å². The van der Waals surface area contributed by atoms with Gasteiger partial charge in [0, 0.05) is 13.1 Å². The molecule has 2 aromatic heterocycles. The molecular weight excluding hydrogens is 417 g/mol. The number of carbonyl (C=O) groups excluding carboxylic acids is 1. The van der Waals surface area contributed by atoms with E-state index < -0.39 is 23.7 Å². The van der Waals surface area contributed by atoms with Crippen LogP contribution in [-0.2, 0) is 0 Å². The quantitative estimate of drug-likeness (QED) is 0.567. The third kappa shape index (κ3) is 4.50. The molecule has 1 saturated heterocycles. The number of alkyl halides is 3. The van der Waals surface area contributed by atoms with Crippen molar-refractivity contribution in [3.63, 3.8) is 0 Å². The standard InChI is InChI=1S/C15H16ClF3N8O2/c16-9-11(21)24-10(20)8(23-9)13(28)25-12-7(5-22-14(29)26-12)27-3-1-6(2-4-27)15(17,18)19/h5-6H,1-4H2,(H4,20,21,24)(H2,22,25,26,28,29). The second-order valence-electron chi connectivity index (χ2n) is 6.34. The number of rotatable bonds is 3. The molecule has 1 aliphatic heterocycles. The number of aromatic nitrogens is 4. The van der Waals surface area contributed by atoms with Gasteiger partial charge in [0.25, 0.3) is 5.91 Å². The lowest BCUT2D eigenvalue weighted by atomic mass is 9.96. The first-order valence-corrected chi connectivity index (χ1v) is 8.75. The number of hydrogen-bond acceptors (Lipinski definition) is 8. The van der Waals surface area contributed by atoms with E-state index in [0.29, 0.717) is 0 Å². The topological polar surface area (TPSA) is 156 Å². The maximum Gasteiger partial charge on any atom is 0.391 e. The minimum Gasteiger partial charge on any atom is -0.382 e. The monoisotopic (exact) mass is 432 g/mol. The molecule has 2 aromatic rings. The van der Waals surface area contributed by atoms with Crippen molar-refractivity contribution in [2.45, 2.75) is 19.0 Å². The predicted octanol–water partition coefficient (Wildman–Crippen LogP) is 1.41. The van der Waals surface area contributed by atoms with E-state index in [1.165, 1.54) is 6.20 Å². The zero-order chi connectivity index (χ0) is 21.3. The Balaban J connectivity index is 1.84. The summed E-state index contributed by atoms with van der Waals surface area (Å²) in [6.07, 6.45) is -3.34. The number of hydrogen-bond donors (Lipinski definition) is 4. The lowest BCUT2D eigenvalue weighted by molar-refractivity contribution is -0.179. The van der Waals surface area contributed by atoms with Gasteiger partial charge in [-0.25, -0.2) is 14.8 Å². The maximum absolute atomic E-state index is 12.9. The van der Waals surface area contributed by atoms with Gasteiger partial charge < -0.3 is 21.7 Å². The lowest BCUT2D eigenvalue weighted by Crippen LogP contribution is -2.40. The number of nitrogens with two attached hydrogens (primary N) is 2. The Morgan fingerprint density at radius 3 is 2.52 bits per heavy atom. The van der Waals surface area contributed by atoms with Crippen LogP contribution in [0.5, 0.6) is 0 Å². The Morgan fingerprint density at radius 1 is 1.24 bits per heavy atom. The molecule has 0 saturated carbocycles. The summed E-state index contributed by atoms with van der Waals surface area (Å²) in [4.78, 5) is 39.1. The van der Waals surface area contributed by atoms with Crippen LogP contribution in [0.2, 0.25) is 5.15 Å². The van der Waals surface area contributed by atoms with Crippen molar-refractivity contribution in [1.29, 1.82) is 0 Å². The SMILES string of the molecule is Nc1nc(N)c(C(=O)Nc2[nH]c(=O)ncc2N2CCC(C(F)(F)F)CC2)nc1Cl. The zero-order valence-electron chi connectivity index (χ0n) is 14.8. The largest absolute Gasteiger partial charge is 0.391 e. The van der Waals surface area contributed by atoms with Crippen LogP contribution >= 0.6 is 11.6 Å². The summed E-state index contributed by atoms with van der Waals surface area (Å²) < 4.78 is 38.6. The molecule has 1 fully saturated rings. The molecule has 14 heteroatoms. The molecule has 156 valence electrons. The number of anilines is 4. The molecule has 0 aliphatic carbocycles. The number of halogens is 4. The summed E-state index contributed by atoms with van der Waals surface area (Å²) in [5.74, 6) is -2.75. The van der Waals surface area contributed by atoms with E-state index in [2.05, 4.69) is 25.3 Å². The number of nitrogens with one attached hydrogen (secondary N) is 2. The number of aromatic amines is 1. The van der Waals surface area contributed by atoms with Crippen molar-refractivity contribution < 1.29 is 18.0 Å². The van der Waals surface area contributed by atoms with Crippen LogP contribution in [0.25, 0.3) is 0 Å². The fourth-order valence-corrected chi connectivity index (χ4v) is 3.08. The van der Waals surface area contributed by atoms with Crippen molar-refractivity contribution in [1.82, 2.24) is 19.9 Å². The summed E-state index contributed by atoms with van der Waals surface area (Å²) in [5, 5.41) is 2.18. The Hall–Kier alpha value is -3.09. The molecule has 1 amide bonds. The van der Waals surface area contributed by atoms with Crippen molar-refractivity contribution in [2.75, 3.05) is 34.8 Å². The molecule has 6 N–H and O–H groups in total. The number of H-pyrrole nitrogens is 1. The first kappa shape index (κ1) is 20.6. The summed E-state index contributed by atoms with van der Waals surface area (Å²) in [7, 11) is 0. The van der Waals surface area contributed by atoms with E-state index in [9.17, 15) is 22.8 Å². The van der Waals surface area contributed by atoms with Crippen LogP contribution < -0.4 is 27.4 Å². The number of nitrogens with zero attached hydrogens (tertiary/aromatic N) is 4. The highest BCUT2D eigenvalue weighted by Crippen LogP contribution is 2.36. The van der Waals surface area contributed by atoms with E-state index in [4.69, 9.17) is 23.1 Å². The fourth-order valence-electron chi connectivity index (χ4n) is 2.95. The van der Waals surface area contributed by atoms with Crippen LogP contribution in [0.4, 0.5) is 36.3 Å². The van der Waals surface area contributed by atoms with Gasteiger partial charge in [-0.15, -0.1) is 0 Å². The van der Waals surface area contributed by atoms with Gasteiger partial charge in [0.05, 0.1) is 17.8 Å². The van der Waals surface area contributed by atoms with Crippen molar-refractivity contribution in [3.05, 3.63) is 27.5 Å². The average molecular weight is 433 g/mol. The molecule has 3 heterocycles. The molecule has 1 aliphatic rings. The molecule has 0 bridgehead atoms. The first-order valence-electron chi connectivity index (χ1n) is 8.37. The summed E-state index contributed by atoms with van der Waals surface area (Å²) in [6.45, 7) is 0.132. The highest BCUT2D eigenvalue weighted by atomic mass is 35.5. The summed E-state index contributed by atoms with van der Waals surface area (Å²) in [6, 6.07) is 0. The van der Waals surface area contributed by atoms with Gasteiger partial charge in [-0.2, -0.15) is 18.2 Å². The molecule has 0 radical (unpaired) electrons.